The predicted molar refractivity (Wildman–Crippen MR) is 68.1 cm³/mol. The molecule has 94 valence electrons. The molecule has 0 saturated heterocycles. The van der Waals surface area contributed by atoms with Crippen LogP contribution in [-0.4, -0.2) is 20.9 Å². The molecule has 0 bridgehead atoms. The lowest BCUT2D eigenvalue weighted by atomic mass is 10.1. The molecule has 1 unspecified atom stereocenters. The molecule has 2 N–H and O–H groups in total. The molecule has 0 fully saturated rings. The Kier molecular flexibility index (Phi) is 3.72. The summed E-state index contributed by atoms with van der Waals surface area (Å²) in [5, 5.41) is 2.95. The fourth-order valence-electron chi connectivity index (χ4n) is 1.79. The van der Waals surface area contributed by atoms with Crippen molar-refractivity contribution in [1.82, 2.24) is 20.3 Å². The van der Waals surface area contributed by atoms with Crippen LogP contribution in [0.3, 0.4) is 0 Å². The molecule has 0 aliphatic rings. The monoisotopic (exact) mass is 244 g/mol. The van der Waals surface area contributed by atoms with Crippen LogP contribution in [-0.2, 0) is 0 Å². The summed E-state index contributed by atoms with van der Waals surface area (Å²) in [6, 6.07) is 3.43. The maximum Gasteiger partial charge on any atom is 0.253 e. The number of H-pyrrole nitrogens is 1. The zero-order chi connectivity index (χ0) is 13.0. The lowest BCUT2D eigenvalue weighted by molar-refractivity contribution is 0.0933. The number of pyridine rings is 1. The van der Waals surface area contributed by atoms with Crippen LogP contribution >= 0.6 is 0 Å². The van der Waals surface area contributed by atoms with E-state index in [4.69, 9.17) is 0 Å². The standard InChI is InChI=1S/C13H16N4O/c1-3-11(12-15-7-8-16-12)17-13(18)10-5-4-6-14-9(10)2/h4-8,11H,3H2,1-2H3,(H,15,16)(H,17,18). The number of aromatic amines is 1. The number of nitrogens with zero attached hydrogens (tertiary/aromatic N) is 2. The summed E-state index contributed by atoms with van der Waals surface area (Å²) in [7, 11) is 0. The molecule has 1 atom stereocenters. The van der Waals surface area contributed by atoms with Gasteiger partial charge in [0.1, 0.15) is 5.82 Å². The quantitative estimate of drug-likeness (QED) is 0.864. The van der Waals surface area contributed by atoms with Gasteiger partial charge in [0.05, 0.1) is 11.6 Å². The largest absolute Gasteiger partial charge is 0.347 e. The molecular formula is C13H16N4O. The van der Waals surface area contributed by atoms with Gasteiger partial charge in [-0.3, -0.25) is 9.78 Å². The van der Waals surface area contributed by atoms with Crippen molar-refractivity contribution >= 4 is 5.91 Å². The number of aryl methyl sites for hydroxylation is 1. The van der Waals surface area contributed by atoms with Crippen molar-refractivity contribution < 1.29 is 4.79 Å². The molecule has 5 nitrogen and oxygen atoms in total. The molecule has 0 aliphatic carbocycles. The number of carbonyl (C=O) groups is 1. The van der Waals surface area contributed by atoms with Crippen LogP contribution in [0.5, 0.6) is 0 Å². The van der Waals surface area contributed by atoms with Gasteiger partial charge in [0.25, 0.3) is 5.91 Å². The zero-order valence-corrected chi connectivity index (χ0v) is 10.5. The molecule has 2 rings (SSSR count). The van der Waals surface area contributed by atoms with Gasteiger partial charge in [0.15, 0.2) is 0 Å². The molecule has 0 spiro atoms. The molecule has 5 heteroatoms. The highest BCUT2D eigenvalue weighted by Crippen LogP contribution is 2.13. The third-order valence-corrected chi connectivity index (χ3v) is 2.81. The van der Waals surface area contributed by atoms with Crippen LogP contribution in [0.15, 0.2) is 30.7 Å². The van der Waals surface area contributed by atoms with Crippen LogP contribution in [0, 0.1) is 6.92 Å². The van der Waals surface area contributed by atoms with E-state index in [-0.39, 0.29) is 11.9 Å². The average Bonchev–Trinajstić information content (AvgIpc) is 2.90. The molecule has 0 radical (unpaired) electrons. The molecule has 1 amide bonds. The Bertz CT molecular complexity index is 522. The first-order valence-corrected chi connectivity index (χ1v) is 5.94. The van der Waals surface area contributed by atoms with Crippen LogP contribution in [0.2, 0.25) is 0 Å². The number of amides is 1. The number of nitrogens with one attached hydrogen (secondary N) is 2. The number of hydrogen-bond acceptors (Lipinski definition) is 3. The van der Waals surface area contributed by atoms with E-state index >= 15 is 0 Å². The summed E-state index contributed by atoms with van der Waals surface area (Å²) in [6.45, 7) is 3.83. The Labute approximate surface area is 106 Å². The Morgan fingerprint density at radius 1 is 1.44 bits per heavy atom. The Morgan fingerprint density at radius 2 is 2.28 bits per heavy atom. The van der Waals surface area contributed by atoms with Crippen molar-refractivity contribution in [1.29, 1.82) is 0 Å². The minimum Gasteiger partial charge on any atom is -0.347 e. The summed E-state index contributed by atoms with van der Waals surface area (Å²) >= 11 is 0. The number of hydrogen-bond donors (Lipinski definition) is 2. The van der Waals surface area contributed by atoms with E-state index in [0.717, 1.165) is 17.9 Å². The second kappa shape index (κ2) is 5.44. The van der Waals surface area contributed by atoms with Crippen molar-refractivity contribution in [3.8, 4) is 0 Å². The molecular weight excluding hydrogens is 228 g/mol. The van der Waals surface area contributed by atoms with E-state index in [1.165, 1.54) is 0 Å². The first-order chi connectivity index (χ1) is 8.72. The van der Waals surface area contributed by atoms with Gasteiger partial charge >= 0.3 is 0 Å². The molecule has 0 aliphatic heterocycles. The minimum absolute atomic E-state index is 0.105. The third kappa shape index (κ3) is 2.56. The number of carbonyl (C=O) groups excluding carboxylic acids is 1. The van der Waals surface area contributed by atoms with Crippen molar-refractivity contribution in [2.75, 3.05) is 0 Å². The minimum atomic E-state index is -0.121. The van der Waals surface area contributed by atoms with Gasteiger partial charge in [-0.1, -0.05) is 6.92 Å². The van der Waals surface area contributed by atoms with E-state index in [0.29, 0.717) is 5.56 Å². The van der Waals surface area contributed by atoms with Crippen LogP contribution in [0.25, 0.3) is 0 Å². The Hall–Kier alpha value is -2.17. The maximum atomic E-state index is 12.1. The normalized spacial score (nSPS) is 12.1. The number of aromatic nitrogens is 3. The summed E-state index contributed by atoms with van der Waals surface area (Å²) in [6.07, 6.45) is 5.88. The Balaban J connectivity index is 2.14. The average molecular weight is 244 g/mol. The second-order valence-corrected chi connectivity index (χ2v) is 4.05. The lowest BCUT2D eigenvalue weighted by Gasteiger charge is -2.15. The van der Waals surface area contributed by atoms with E-state index in [1.54, 1.807) is 30.7 Å². The van der Waals surface area contributed by atoms with Crippen LogP contribution in [0.4, 0.5) is 0 Å². The first kappa shape index (κ1) is 12.3. The highest BCUT2D eigenvalue weighted by molar-refractivity contribution is 5.95. The van der Waals surface area contributed by atoms with Gasteiger partial charge in [0.2, 0.25) is 0 Å². The molecule has 0 aromatic carbocycles. The molecule has 0 saturated carbocycles. The molecule has 2 aromatic heterocycles. The second-order valence-electron chi connectivity index (χ2n) is 4.05. The van der Waals surface area contributed by atoms with E-state index in [2.05, 4.69) is 20.3 Å². The molecule has 2 aromatic rings. The number of imidazole rings is 1. The fraction of sp³-hybridized carbons (Fsp3) is 0.308. The molecule has 2 heterocycles. The highest BCUT2D eigenvalue weighted by Gasteiger charge is 2.17. The van der Waals surface area contributed by atoms with Gasteiger partial charge in [0, 0.05) is 24.3 Å². The van der Waals surface area contributed by atoms with Gasteiger partial charge in [-0.2, -0.15) is 0 Å². The maximum absolute atomic E-state index is 12.1. The fourth-order valence-corrected chi connectivity index (χ4v) is 1.79. The summed E-state index contributed by atoms with van der Waals surface area (Å²) < 4.78 is 0. The van der Waals surface area contributed by atoms with E-state index in [1.807, 2.05) is 13.8 Å². The third-order valence-electron chi connectivity index (χ3n) is 2.81. The van der Waals surface area contributed by atoms with Crippen molar-refractivity contribution in [3.05, 3.63) is 47.8 Å². The summed E-state index contributed by atoms with van der Waals surface area (Å²) in [4.78, 5) is 23.4. The van der Waals surface area contributed by atoms with Gasteiger partial charge in [-0.15, -0.1) is 0 Å². The van der Waals surface area contributed by atoms with E-state index < -0.39 is 0 Å². The smallest absolute Gasteiger partial charge is 0.253 e. The SMILES string of the molecule is CCC(NC(=O)c1cccnc1C)c1ncc[nH]1. The summed E-state index contributed by atoms with van der Waals surface area (Å²) in [5.74, 6) is 0.649. The van der Waals surface area contributed by atoms with Gasteiger partial charge < -0.3 is 10.3 Å². The van der Waals surface area contributed by atoms with Crippen molar-refractivity contribution in [2.45, 2.75) is 26.3 Å². The van der Waals surface area contributed by atoms with Crippen molar-refractivity contribution in [3.63, 3.8) is 0 Å². The number of rotatable bonds is 4. The van der Waals surface area contributed by atoms with Crippen LogP contribution in [0.1, 0.15) is 41.3 Å². The first-order valence-electron chi connectivity index (χ1n) is 5.94. The predicted octanol–water partition coefficient (Wildman–Crippen LogP) is 1.99. The Morgan fingerprint density at radius 3 is 2.89 bits per heavy atom. The van der Waals surface area contributed by atoms with Gasteiger partial charge in [-0.05, 0) is 25.5 Å². The van der Waals surface area contributed by atoms with Gasteiger partial charge in [-0.25, -0.2) is 4.98 Å². The van der Waals surface area contributed by atoms with E-state index in [9.17, 15) is 4.79 Å². The molecule has 18 heavy (non-hydrogen) atoms. The van der Waals surface area contributed by atoms with Crippen molar-refractivity contribution in [2.24, 2.45) is 0 Å². The van der Waals surface area contributed by atoms with Crippen LogP contribution < -0.4 is 5.32 Å². The topological polar surface area (TPSA) is 70.7 Å². The zero-order valence-electron chi connectivity index (χ0n) is 10.5. The summed E-state index contributed by atoms with van der Waals surface area (Å²) in [5.41, 5.74) is 1.33. The lowest BCUT2D eigenvalue weighted by Crippen LogP contribution is -2.29. The highest BCUT2D eigenvalue weighted by atomic mass is 16.1.